The lowest BCUT2D eigenvalue weighted by atomic mass is 9.92. The van der Waals surface area contributed by atoms with E-state index in [1.54, 1.807) is 24.3 Å². The van der Waals surface area contributed by atoms with Crippen molar-refractivity contribution in [2.45, 2.75) is 12.5 Å². The van der Waals surface area contributed by atoms with Gasteiger partial charge in [-0.15, -0.1) is 0 Å². The van der Waals surface area contributed by atoms with Crippen molar-refractivity contribution in [3.8, 4) is 0 Å². The van der Waals surface area contributed by atoms with Crippen LogP contribution in [0.5, 0.6) is 0 Å². The van der Waals surface area contributed by atoms with E-state index in [4.69, 9.17) is 11.6 Å². The molecule has 1 fully saturated rings. The smallest absolute Gasteiger partial charge is 0.319 e. The number of anilines is 1. The zero-order chi connectivity index (χ0) is 21.3. The molecule has 0 radical (unpaired) electrons. The maximum Gasteiger partial charge on any atom is 0.325 e. The van der Waals surface area contributed by atoms with E-state index in [1.807, 2.05) is 0 Å². The Hall–Kier alpha value is -3.53. The highest BCUT2D eigenvalue weighted by Gasteiger charge is 2.50. The van der Waals surface area contributed by atoms with Crippen LogP contribution in [0.4, 0.5) is 20.6 Å². The number of carbonyl (C=O) groups is 3. The fourth-order valence-corrected chi connectivity index (χ4v) is 3.31. The first kappa shape index (κ1) is 20.2. The van der Waals surface area contributed by atoms with Crippen molar-refractivity contribution in [3.05, 3.63) is 69.0 Å². The summed E-state index contributed by atoms with van der Waals surface area (Å²) in [5.74, 6) is -2.43. The second-order valence-electron chi connectivity index (χ2n) is 6.39. The Kier molecular flexibility index (Phi) is 5.21. The Bertz CT molecular complexity index is 1050. The van der Waals surface area contributed by atoms with Crippen LogP contribution in [0, 0.1) is 15.9 Å². The summed E-state index contributed by atoms with van der Waals surface area (Å²) in [5, 5.41) is 16.0. The number of rotatable bonds is 5. The van der Waals surface area contributed by atoms with Crippen molar-refractivity contribution in [3.63, 3.8) is 0 Å². The molecule has 0 aliphatic carbocycles. The lowest BCUT2D eigenvalue weighted by molar-refractivity contribution is -0.384. The van der Waals surface area contributed by atoms with Crippen LogP contribution in [-0.2, 0) is 15.1 Å². The molecule has 0 spiro atoms. The van der Waals surface area contributed by atoms with Gasteiger partial charge in [-0.1, -0.05) is 29.8 Å². The Labute approximate surface area is 168 Å². The molecule has 0 aromatic heterocycles. The molecule has 11 heteroatoms. The highest BCUT2D eigenvalue weighted by Crippen LogP contribution is 2.33. The third kappa shape index (κ3) is 3.74. The Balaban J connectivity index is 1.80. The average molecular weight is 421 g/mol. The summed E-state index contributed by atoms with van der Waals surface area (Å²) < 4.78 is 13.2. The Morgan fingerprint density at radius 1 is 1.31 bits per heavy atom. The van der Waals surface area contributed by atoms with Crippen molar-refractivity contribution in [2.24, 2.45) is 0 Å². The fraction of sp³-hybridized carbons (Fsp3) is 0.167. The average Bonchev–Trinajstić information content (AvgIpc) is 2.87. The highest BCUT2D eigenvalue weighted by atomic mass is 35.5. The lowest BCUT2D eigenvalue weighted by Gasteiger charge is -2.23. The molecule has 2 aromatic carbocycles. The monoisotopic (exact) mass is 420 g/mol. The maximum atomic E-state index is 13.2. The molecule has 150 valence electrons. The third-order valence-electron chi connectivity index (χ3n) is 4.42. The Morgan fingerprint density at radius 2 is 2.00 bits per heavy atom. The van der Waals surface area contributed by atoms with Gasteiger partial charge in [0.05, 0.1) is 11.0 Å². The van der Waals surface area contributed by atoms with Gasteiger partial charge >= 0.3 is 6.03 Å². The van der Waals surface area contributed by atoms with Crippen LogP contribution in [0.25, 0.3) is 0 Å². The summed E-state index contributed by atoms with van der Waals surface area (Å²) in [6.07, 6.45) is 0. The van der Waals surface area contributed by atoms with Gasteiger partial charge in [0, 0.05) is 10.6 Å². The first-order valence-corrected chi connectivity index (χ1v) is 8.64. The van der Waals surface area contributed by atoms with Crippen LogP contribution in [0.2, 0.25) is 5.02 Å². The number of amides is 4. The van der Waals surface area contributed by atoms with E-state index in [2.05, 4.69) is 10.6 Å². The highest BCUT2D eigenvalue weighted by molar-refractivity contribution is 6.32. The number of hydrogen-bond donors (Lipinski definition) is 2. The second-order valence-corrected chi connectivity index (χ2v) is 6.80. The molecular weight excluding hydrogens is 407 g/mol. The summed E-state index contributed by atoms with van der Waals surface area (Å²) in [6, 6.07) is 8.23. The fourth-order valence-electron chi connectivity index (χ4n) is 2.98. The molecule has 1 aliphatic rings. The van der Waals surface area contributed by atoms with E-state index < -0.39 is 46.4 Å². The lowest BCUT2D eigenvalue weighted by Crippen LogP contribution is -2.42. The van der Waals surface area contributed by atoms with Crippen molar-refractivity contribution in [2.75, 3.05) is 11.9 Å². The van der Waals surface area contributed by atoms with E-state index in [0.29, 0.717) is 16.5 Å². The molecule has 0 saturated carbocycles. The van der Waals surface area contributed by atoms with E-state index in [1.165, 1.54) is 6.92 Å². The van der Waals surface area contributed by atoms with E-state index in [0.717, 1.165) is 12.1 Å². The molecule has 1 saturated heterocycles. The molecule has 1 aliphatic heterocycles. The van der Waals surface area contributed by atoms with Crippen LogP contribution < -0.4 is 10.6 Å². The number of carbonyl (C=O) groups excluding carboxylic acids is 3. The van der Waals surface area contributed by atoms with Crippen LogP contribution in [0.3, 0.4) is 0 Å². The maximum absolute atomic E-state index is 13.2. The molecule has 29 heavy (non-hydrogen) atoms. The molecule has 1 atom stereocenters. The quantitative estimate of drug-likeness (QED) is 0.437. The van der Waals surface area contributed by atoms with Gasteiger partial charge in [-0.3, -0.25) is 24.6 Å². The molecule has 4 amide bonds. The standard InChI is InChI=1S/C18H14ClFN4O5/c1-18(11-4-2-3-5-12(11)19)16(26)23(17(27)22-18)9-15(25)21-13-7-6-10(20)8-14(13)24(28)29/h2-8H,9H2,1H3,(H,21,25)(H,22,27)/t18-/m1/s1. The number of benzene rings is 2. The number of nitro groups is 1. The summed E-state index contributed by atoms with van der Waals surface area (Å²) in [7, 11) is 0. The van der Waals surface area contributed by atoms with Crippen molar-refractivity contribution in [1.29, 1.82) is 0 Å². The minimum absolute atomic E-state index is 0.261. The normalized spacial score (nSPS) is 18.5. The summed E-state index contributed by atoms with van der Waals surface area (Å²) in [6.45, 7) is 0.760. The van der Waals surface area contributed by atoms with Crippen LogP contribution in [0.15, 0.2) is 42.5 Å². The van der Waals surface area contributed by atoms with Crippen molar-refractivity contribution < 1.29 is 23.7 Å². The van der Waals surface area contributed by atoms with Crippen molar-refractivity contribution >= 4 is 40.8 Å². The number of imide groups is 1. The van der Waals surface area contributed by atoms with Gasteiger partial charge in [-0.25, -0.2) is 9.18 Å². The number of nitro benzene ring substituents is 1. The van der Waals surface area contributed by atoms with Crippen LogP contribution >= 0.6 is 11.6 Å². The van der Waals surface area contributed by atoms with Crippen LogP contribution in [-0.4, -0.2) is 34.2 Å². The zero-order valence-electron chi connectivity index (χ0n) is 14.9. The van der Waals surface area contributed by atoms with Gasteiger partial charge in [-0.05, 0) is 25.1 Å². The van der Waals surface area contributed by atoms with E-state index >= 15 is 0 Å². The SMILES string of the molecule is C[C@]1(c2ccccc2Cl)NC(=O)N(CC(=O)Nc2ccc(F)cc2[N+](=O)[O-])C1=O. The molecule has 0 bridgehead atoms. The van der Waals surface area contributed by atoms with Crippen LogP contribution in [0.1, 0.15) is 12.5 Å². The van der Waals surface area contributed by atoms with Gasteiger partial charge in [-0.2, -0.15) is 0 Å². The first-order valence-electron chi connectivity index (χ1n) is 8.26. The van der Waals surface area contributed by atoms with Gasteiger partial charge < -0.3 is 10.6 Å². The number of nitrogens with one attached hydrogen (secondary N) is 2. The minimum atomic E-state index is -1.47. The number of halogens is 2. The summed E-state index contributed by atoms with van der Waals surface area (Å²) in [4.78, 5) is 48.3. The third-order valence-corrected chi connectivity index (χ3v) is 4.75. The second kappa shape index (κ2) is 7.47. The molecule has 1 heterocycles. The molecule has 3 rings (SSSR count). The largest absolute Gasteiger partial charge is 0.325 e. The van der Waals surface area contributed by atoms with Gasteiger partial charge in [0.25, 0.3) is 11.6 Å². The van der Waals surface area contributed by atoms with Gasteiger partial charge in [0.2, 0.25) is 5.91 Å². The van der Waals surface area contributed by atoms with Gasteiger partial charge in [0.15, 0.2) is 0 Å². The van der Waals surface area contributed by atoms with Gasteiger partial charge in [0.1, 0.15) is 23.6 Å². The zero-order valence-corrected chi connectivity index (χ0v) is 15.7. The Morgan fingerprint density at radius 3 is 2.66 bits per heavy atom. The molecule has 0 unspecified atom stereocenters. The minimum Gasteiger partial charge on any atom is -0.319 e. The topological polar surface area (TPSA) is 122 Å². The summed E-state index contributed by atoms with van der Waals surface area (Å²) in [5.41, 5.74) is -2.03. The number of nitrogens with zero attached hydrogens (tertiary/aromatic N) is 2. The predicted octanol–water partition coefficient (Wildman–Crippen LogP) is 2.79. The summed E-state index contributed by atoms with van der Waals surface area (Å²) >= 11 is 6.13. The predicted molar refractivity (Wildman–Crippen MR) is 101 cm³/mol. The number of urea groups is 1. The van der Waals surface area contributed by atoms with Crippen molar-refractivity contribution in [1.82, 2.24) is 10.2 Å². The molecular formula is C18H14ClFN4O5. The van der Waals surface area contributed by atoms with E-state index in [9.17, 15) is 28.9 Å². The molecule has 9 nitrogen and oxygen atoms in total. The first-order chi connectivity index (χ1) is 13.6. The number of hydrogen-bond acceptors (Lipinski definition) is 5. The molecule has 2 aromatic rings. The molecule has 2 N–H and O–H groups in total. The van der Waals surface area contributed by atoms with E-state index in [-0.39, 0.29) is 10.7 Å².